The number of hydrogen-bond donors (Lipinski definition) is 8. The summed E-state index contributed by atoms with van der Waals surface area (Å²) in [6, 6.07) is 4.49. The SMILES string of the molecule is Cc1c(N)c(N)cc(-c2c(N)cc(OC(=O)c3c(N)cc(N)c(N)c3C)c(N)c2C)c1N. The van der Waals surface area contributed by atoms with E-state index in [9.17, 15) is 4.79 Å². The maximum atomic E-state index is 12.9. The highest BCUT2D eigenvalue weighted by Gasteiger charge is 2.23. The van der Waals surface area contributed by atoms with Crippen LogP contribution in [0.25, 0.3) is 11.1 Å². The van der Waals surface area contributed by atoms with Gasteiger partial charge in [-0.05, 0) is 49.6 Å². The Hall–Kier alpha value is -4.47. The third kappa shape index (κ3) is 3.37. The van der Waals surface area contributed by atoms with E-state index in [4.69, 9.17) is 50.6 Å². The molecule has 0 spiro atoms. The van der Waals surface area contributed by atoms with Crippen LogP contribution in [0.4, 0.5) is 45.5 Å². The number of carbonyl (C=O) groups excluding carboxylic acids is 1. The van der Waals surface area contributed by atoms with Crippen molar-refractivity contribution in [2.75, 3.05) is 45.9 Å². The van der Waals surface area contributed by atoms with Crippen molar-refractivity contribution in [1.82, 2.24) is 0 Å². The first-order valence-corrected chi connectivity index (χ1v) is 9.65. The highest BCUT2D eigenvalue weighted by molar-refractivity contribution is 6.02. The first kappa shape index (κ1) is 22.2. The summed E-state index contributed by atoms with van der Waals surface area (Å²) in [4.78, 5) is 12.9. The molecule has 3 aromatic rings. The number of benzene rings is 3. The Morgan fingerprint density at radius 3 is 1.81 bits per heavy atom. The zero-order valence-corrected chi connectivity index (χ0v) is 18.2. The number of esters is 1. The maximum Gasteiger partial charge on any atom is 0.346 e. The molecular formula is C22H28N8O2. The van der Waals surface area contributed by atoms with Gasteiger partial charge in [0.05, 0.1) is 34.0 Å². The molecule has 10 heteroatoms. The Labute approximate surface area is 185 Å². The highest BCUT2D eigenvalue weighted by atomic mass is 16.5. The van der Waals surface area contributed by atoms with Gasteiger partial charge in [0.15, 0.2) is 5.75 Å². The molecule has 0 bridgehead atoms. The maximum absolute atomic E-state index is 12.9. The number of ether oxygens (including phenoxy) is 1. The summed E-state index contributed by atoms with van der Waals surface area (Å²) in [5.41, 5.74) is 53.8. The Balaban J connectivity index is 2.10. The molecule has 168 valence electrons. The Morgan fingerprint density at radius 2 is 1.19 bits per heavy atom. The number of nitrogen functional groups attached to an aromatic ring is 8. The van der Waals surface area contributed by atoms with Crippen molar-refractivity contribution in [2.45, 2.75) is 20.8 Å². The molecule has 0 aliphatic rings. The van der Waals surface area contributed by atoms with Crippen LogP contribution in [0.3, 0.4) is 0 Å². The van der Waals surface area contributed by atoms with Crippen LogP contribution < -0.4 is 50.6 Å². The minimum absolute atomic E-state index is 0.0710. The smallest absolute Gasteiger partial charge is 0.346 e. The van der Waals surface area contributed by atoms with Gasteiger partial charge in [0.2, 0.25) is 0 Å². The molecule has 0 heterocycles. The van der Waals surface area contributed by atoms with E-state index in [-0.39, 0.29) is 39.7 Å². The molecule has 10 nitrogen and oxygen atoms in total. The van der Waals surface area contributed by atoms with Gasteiger partial charge in [-0.2, -0.15) is 0 Å². The van der Waals surface area contributed by atoms with Crippen LogP contribution in [-0.2, 0) is 0 Å². The minimum Gasteiger partial charge on any atom is -0.421 e. The molecule has 0 atom stereocenters. The Bertz CT molecular complexity index is 1280. The number of carbonyl (C=O) groups is 1. The van der Waals surface area contributed by atoms with E-state index in [0.29, 0.717) is 44.9 Å². The van der Waals surface area contributed by atoms with Crippen molar-refractivity contribution in [3.63, 3.8) is 0 Å². The number of anilines is 8. The third-order valence-electron chi connectivity index (χ3n) is 5.69. The van der Waals surface area contributed by atoms with Crippen LogP contribution >= 0.6 is 0 Å². The van der Waals surface area contributed by atoms with Crippen LogP contribution in [-0.4, -0.2) is 5.97 Å². The molecule has 3 rings (SSSR count). The summed E-state index contributed by atoms with van der Waals surface area (Å²) < 4.78 is 5.54. The van der Waals surface area contributed by atoms with Crippen LogP contribution in [0.5, 0.6) is 5.75 Å². The molecule has 0 aromatic heterocycles. The van der Waals surface area contributed by atoms with Crippen molar-refractivity contribution in [3.05, 3.63) is 40.5 Å². The van der Waals surface area contributed by atoms with Gasteiger partial charge in [-0.15, -0.1) is 0 Å². The fraction of sp³-hybridized carbons (Fsp3) is 0.136. The molecule has 0 aliphatic heterocycles. The first-order valence-electron chi connectivity index (χ1n) is 9.65. The van der Waals surface area contributed by atoms with E-state index < -0.39 is 5.97 Å². The summed E-state index contributed by atoms with van der Waals surface area (Å²) in [5, 5.41) is 0. The standard InChI is InChI=1S/C22H28N8O2/c1-7-16(10-4-13(25)20(29)9(3)18(10)27)12(24)6-15(21(7)30)32-22(31)17-8(2)19(28)14(26)5-11(17)23/h4-6H,23-30H2,1-3H3. The largest absolute Gasteiger partial charge is 0.421 e. The molecule has 0 unspecified atom stereocenters. The van der Waals surface area contributed by atoms with Crippen molar-refractivity contribution in [2.24, 2.45) is 0 Å². The van der Waals surface area contributed by atoms with Gasteiger partial charge >= 0.3 is 5.97 Å². The van der Waals surface area contributed by atoms with Crippen LogP contribution in [0.1, 0.15) is 27.0 Å². The van der Waals surface area contributed by atoms with E-state index in [1.807, 2.05) is 0 Å². The van der Waals surface area contributed by atoms with Gasteiger partial charge in [0.25, 0.3) is 0 Å². The second kappa shape index (κ2) is 7.65. The molecule has 32 heavy (non-hydrogen) atoms. The predicted molar refractivity (Wildman–Crippen MR) is 133 cm³/mol. The predicted octanol–water partition coefficient (Wildman–Crippen LogP) is 2.16. The molecule has 0 saturated heterocycles. The fourth-order valence-electron chi connectivity index (χ4n) is 3.66. The molecule has 3 aromatic carbocycles. The molecule has 16 N–H and O–H groups in total. The van der Waals surface area contributed by atoms with Crippen molar-refractivity contribution in [1.29, 1.82) is 0 Å². The van der Waals surface area contributed by atoms with Gasteiger partial charge in [-0.25, -0.2) is 4.79 Å². The molecule has 0 radical (unpaired) electrons. The zero-order valence-electron chi connectivity index (χ0n) is 18.2. The van der Waals surface area contributed by atoms with Crippen molar-refractivity contribution >= 4 is 51.5 Å². The summed E-state index contributed by atoms with van der Waals surface area (Å²) in [5.74, 6) is -0.668. The van der Waals surface area contributed by atoms with E-state index in [1.54, 1.807) is 26.8 Å². The summed E-state index contributed by atoms with van der Waals surface area (Å²) >= 11 is 0. The Kier molecular flexibility index (Phi) is 5.32. The lowest BCUT2D eigenvalue weighted by Gasteiger charge is -2.20. The fourth-order valence-corrected chi connectivity index (χ4v) is 3.66. The molecule has 0 amide bonds. The normalized spacial score (nSPS) is 10.8. The average Bonchev–Trinajstić information content (AvgIpc) is 2.72. The second-order valence-corrected chi connectivity index (χ2v) is 7.70. The lowest BCUT2D eigenvalue weighted by Crippen LogP contribution is -2.16. The van der Waals surface area contributed by atoms with Gasteiger partial charge in [0.1, 0.15) is 0 Å². The molecule has 0 fully saturated rings. The Morgan fingerprint density at radius 1 is 0.625 bits per heavy atom. The van der Waals surface area contributed by atoms with Crippen LogP contribution in [0, 0.1) is 20.8 Å². The van der Waals surface area contributed by atoms with Crippen molar-refractivity contribution < 1.29 is 9.53 Å². The quantitative estimate of drug-likeness (QED) is 0.169. The molecule has 0 saturated carbocycles. The number of nitrogens with two attached hydrogens (primary N) is 8. The topological polar surface area (TPSA) is 234 Å². The van der Waals surface area contributed by atoms with E-state index in [0.717, 1.165) is 0 Å². The van der Waals surface area contributed by atoms with E-state index in [2.05, 4.69) is 0 Å². The van der Waals surface area contributed by atoms with Crippen LogP contribution in [0.2, 0.25) is 0 Å². The average molecular weight is 437 g/mol. The second-order valence-electron chi connectivity index (χ2n) is 7.70. The van der Waals surface area contributed by atoms with Crippen LogP contribution in [0.15, 0.2) is 18.2 Å². The number of hydrogen-bond acceptors (Lipinski definition) is 10. The van der Waals surface area contributed by atoms with E-state index >= 15 is 0 Å². The van der Waals surface area contributed by atoms with Crippen molar-refractivity contribution in [3.8, 4) is 16.9 Å². The highest BCUT2D eigenvalue weighted by Crippen LogP contribution is 2.44. The lowest BCUT2D eigenvalue weighted by molar-refractivity contribution is 0.0736. The lowest BCUT2D eigenvalue weighted by atomic mass is 9.92. The number of rotatable bonds is 3. The monoisotopic (exact) mass is 436 g/mol. The molecule has 0 aliphatic carbocycles. The van der Waals surface area contributed by atoms with Gasteiger partial charge in [0, 0.05) is 34.3 Å². The summed E-state index contributed by atoms with van der Waals surface area (Å²) in [6.07, 6.45) is 0. The summed E-state index contributed by atoms with van der Waals surface area (Å²) in [7, 11) is 0. The zero-order chi connectivity index (χ0) is 24.1. The minimum atomic E-state index is -0.739. The van der Waals surface area contributed by atoms with Gasteiger partial charge < -0.3 is 50.6 Å². The third-order valence-corrected chi connectivity index (χ3v) is 5.69. The van der Waals surface area contributed by atoms with E-state index in [1.165, 1.54) is 12.1 Å². The van der Waals surface area contributed by atoms with Gasteiger partial charge in [-0.3, -0.25) is 0 Å². The van der Waals surface area contributed by atoms with Gasteiger partial charge in [-0.1, -0.05) is 0 Å². The first-order chi connectivity index (χ1) is 14.9. The molecular weight excluding hydrogens is 408 g/mol. The summed E-state index contributed by atoms with van der Waals surface area (Å²) in [6.45, 7) is 5.13.